The van der Waals surface area contributed by atoms with E-state index in [0.29, 0.717) is 5.88 Å². The molecule has 0 aliphatic heterocycles. The van der Waals surface area contributed by atoms with E-state index in [9.17, 15) is 0 Å². The third-order valence-corrected chi connectivity index (χ3v) is 3.63. The van der Waals surface area contributed by atoms with E-state index in [0.717, 1.165) is 6.42 Å². The Balaban J connectivity index is 3.51. The highest BCUT2D eigenvalue weighted by Gasteiger charge is 2.17. The van der Waals surface area contributed by atoms with E-state index in [1.807, 2.05) is 17.8 Å². The Bertz CT molecular complexity index is 125. The maximum absolute atomic E-state index is 5.84. The minimum atomic E-state index is 0.149. The monoisotopic (exact) mass is 206 g/mol. The van der Waals surface area contributed by atoms with Crippen molar-refractivity contribution in [2.45, 2.75) is 26.7 Å². The van der Waals surface area contributed by atoms with Crippen molar-refractivity contribution < 1.29 is 0 Å². The first kappa shape index (κ1) is 12.4. The molecule has 0 nitrogen and oxygen atoms in total. The van der Waals surface area contributed by atoms with E-state index in [2.05, 4.69) is 20.4 Å². The molecule has 0 radical (unpaired) electrons. The van der Waals surface area contributed by atoms with Crippen molar-refractivity contribution in [1.29, 1.82) is 0 Å². The maximum atomic E-state index is 5.84. The van der Waals surface area contributed by atoms with Gasteiger partial charge in [0.2, 0.25) is 0 Å². The molecular formula is C10H19ClS. The first-order valence-corrected chi connectivity index (χ1v) is 6.14. The normalized spacial score (nSPS) is 15.6. The summed E-state index contributed by atoms with van der Waals surface area (Å²) in [5, 5.41) is 0. The van der Waals surface area contributed by atoms with Gasteiger partial charge in [-0.15, -0.1) is 18.2 Å². The molecule has 0 rings (SSSR count). The van der Waals surface area contributed by atoms with Gasteiger partial charge in [0, 0.05) is 5.88 Å². The average molecular weight is 207 g/mol. The number of allylic oxidation sites excluding steroid dienone is 1. The van der Waals surface area contributed by atoms with Gasteiger partial charge in [-0.1, -0.05) is 19.9 Å². The minimum Gasteiger partial charge on any atom is -0.162 e. The van der Waals surface area contributed by atoms with Crippen molar-refractivity contribution in [3.63, 3.8) is 0 Å². The molecule has 0 aromatic rings. The van der Waals surface area contributed by atoms with Crippen molar-refractivity contribution in [2.75, 3.05) is 17.4 Å². The summed E-state index contributed by atoms with van der Waals surface area (Å²) in [5.74, 6) is 3.15. The molecule has 0 saturated heterocycles. The Labute approximate surface area is 85.8 Å². The number of hydrogen-bond donors (Lipinski definition) is 0. The van der Waals surface area contributed by atoms with Gasteiger partial charge in [0.15, 0.2) is 0 Å². The van der Waals surface area contributed by atoms with Gasteiger partial charge in [-0.05, 0) is 29.8 Å². The predicted molar refractivity (Wildman–Crippen MR) is 61.3 cm³/mol. The number of alkyl halides is 1. The summed E-state index contributed by atoms with van der Waals surface area (Å²) in [6.45, 7) is 8.17. The third kappa shape index (κ3) is 5.10. The minimum absolute atomic E-state index is 0.149. The number of hydrogen-bond acceptors (Lipinski definition) is 1. The number of halogens is 1. The fraction of sp³-hybridized carbons (Fsp3) is 0.800. The summed E-state index contributed by atoms with van der Waals surface area (Å²) in [7, 11) is 0. The summed E-state index contributed by atoms with van der Waals surface area (Å²) in [6.07, 6.45) is 4.39. The Hall–Kier alpha value is 0.380. The molecule has 1 atom stereocenters. The fourth-order valence-electron chi connectivity index (χ4n) is 0.946. The Kier molecular flexibility index (Phi) is 7.07. The molecule has 0 aromatic carbocycles. The molecule has 1 unspecified atom stereocenters. The molecule has 0 bridgehead atoms. The zero-order valence-corrected chi connectivity index (χ0v) is 9.68. The highest BCUT2D eigenvalue weighted by molar-refractivity contribution is 7.99. The van der Waals surface area contributed by atoms with E-state index in [-0.39, 0.29) is 5.41 Å². The van der Waals surface area contributed by atoms with Crippen LogP contribution >= 0.6 is 23.4 Å². The highest BCUT2D eigenvalue weighted by Crippen LogP contribution is 2.26. The highest BCUT2D eigenvalue weighted by atomic mass is 35.5. The average Bonchev–Trinajstić information content (AvgIpc) is 2.12. The Morgan fingerprint density at radius 1 is 1.58 bits per heavy atom. The van der Waals surface area contributed by atoms with Crippen LogP contribution in [0.3, 0.4) is 0 Å². The predicted octanol–water partition coefficient (Wildman–Crippen LogP) is 3.95. The molecule has 0 saturated carbocycles. The smallest absolute Gasteiger partial charge is 0.0311 e. The van der Waals surface area contributed by atoms with Gasteiger partial charge in [0.1, 0.15) is 0 Å². The van der Waals surface area contributed by atoms with E-state index < -0.39 is 0 Å². The molecule has 0 heterocycles. The van der Waals surface area contributed by atoms with Crippen molar-refractivity contribution in [2.24, 2.45) is 5.41 Å². The first-order valence-electron chi connectivity index (χ1n) is 4.46. The van der Waals surface area contributed by atoms with Crippen LogP contribution in [0.1, 0.15) is 26.7 Å². The topological polar surface area (TPSA) is 0 Å². The quantitative estimate of drug-likeness (QED) is 0.345. The van der Waals surface area contributed by atoms with Crippen LogP contribution in [0.4, 0.5) is 0 Å². The zero-order chi connectivity index (χ0) is 9.45. The van der Waals surface area contributed by atoms with E-state index in [1.54, 1.807) is 0 Å². The van der Waals surface area contributed by atoms with Gasteiger partial charge in [-0.25, -0.2) is 0 Å². The van der Waals surface area contributed by atoms with Crippen LogP contribution in [0.2, 0.25) is 0 Å². The SMILES string of the molecule is C=CC(C)(CCl)CCCSCC. The molecule has 0 N–H and O–H groups in total. The van der Waals surface area contributed by atoms with Crippen LogP contribution in [-0.2, 0) is 0 Å². The Morgan fingerprint density at radius 3 is 2.67 bits per heavy atom. The first-order chi connectivity index (χ1) is 5.68. The lowest BCUT2D eigenvalue weighted by atomic mass is 9.88. The summed E-state index contributed by atoms with van der Waals surface area (Å²) < 4.78 is 0. The standard InChI is InChI=1S/C10H19ClS/c1-4-10(3,9-11)7-6-8-12-5-2/h4H,1,5-9H2,2-3H3. The summed E-state index contributed by atoms with van der Waals surface area (Å²) in [5.41, 5.74) is 0.149. The van der Waals surface area contributed by atoms with Crippen molar-refractivity contribution >= 4 is 23.4 Å². The number of thioether (sulfide) groups is 1. The second-order valence-corrected chi connectivity index (χ2v) is 4.95. The molecule has 0 aromatic heterocycles. The molecule has 12 heavy (non-hydrogen) atoms. The summed E-state index contributed by atoms with van der Waals surface area (Å²) >= 11 is 7.84. The zero-order valence-electron chi connectivity index (χ0n) is 8.11. The summed E-state index contributed by atoms with van der Waals surface area (Å²) in [6, 6.07) is 0. The molecule has 72 valence electrons. The van der Waals surface area contributed by atoms with Crippen LogP contribution in [0, 0.1) is 5.41 Å². The van der Waals surface area contributed by atoms with Crippen molar-refractivity contribution in [3.8, 4) is 0 Å². The molecule has 0 aliphatic rings. The summed E-state index contributed by atoms with van der Waals surface area (Å²) in [4.78, 5) is 0. The van der Waals surface area contributed by atoms with Gasteiger partial charge in [0.05, 0.1) is 0 Å². The fourth-order valence-corrected chi connectivity index (χ4v) is 1.83. The molecule has 0 fully saturated rings. The van der Waals surface area contributed by atoms with Crippen LogP contribution in [0.25, 0.3) is 0 Å². The van der Waals surface area contributed by atoms with Gasteiger partial charge in [0.25, 0.3) is 0 Å². The van der Waals surface area contributed by atoms with Crippen molar-refractivity contribution in [1.82, 2.24) is 0 Å². The van der Waals surface area contributed by atoms with Crippen LogP contribution in [0.15, 0.2) is 12.7 Å². The van der Waals surface area contributed by atoms with Crippen molar-refractivity contribution in [3.05, 3.63) is 12.7 Å². The largest absolute Gasteiger partial charge is 0.162 e. The molecular weight excluding hydrogens is 188 g/mol. The molecule has 0 spiro atoms. The molecule has 0 aliphatic carbocycles. The van der Waals surface area contributed by atoms with E-state index in [4.69, 9.17) is 11.6 Å². The van der Waals surface area contributed by atoms with E-state index >= 15 is 0 Å². The maximum Gasteiger partial charge on any atom is 0.0311 e. The van der Waals surface area contributed by atoms with Gasteiger partial charge < -0.3 is 0 Å². The van der Waals surface area contributed by atoms with Crippen LogP contribution in [0.5, 0.6) is 0 Å². The van der Waals surface area contributed by atoms with Crippen LogP contribution in [-0.4, -0.2) is 17.4 Å². The third-order valence-electron chi connectivity index (χ3n) is 2.04. The van der Waals surface area contributed by atoms with Gasteiger partial charge in [-0.3, -0.25) is 0 Å². The van der Waals surface area contributed by atoms with Gasteiger partial charge >= 0.3 is 0 Å². The van der Waals surface area contributed by atoms with Crippen LogP contribution < -0.4 is 0 Å². The lowest BCUT2D eigenvalue weighted by Gasteiger charge is -2.22. The molecule has 2 heteroatoms. The second kappa shape index (κ2) is 6.85. The second-order valence-electron chi connectivity index (χ2n) is 3.29. The van der Waals surface area contributed by atoms with E-state index in [1.165, 1.54) is 17.9 Å². The Morgan fingerprint density at radius 2 is 2.25 bits per heavy atom. The number of rotatable bonds is 7. The van der Waals surface area contributed by atoms with Gasteiger partial charge in [-0.2, -0.15) is 11.8 Å². The lowest BCUT2D eigenvalue weighted by Crippen LogP contribution is -2.14. The molecule has 0 amide bonds. The lowest BCUT2D eigenvalue weighted by molar-refractivity contribution is 0.441.